The number of amides is 1. The summed E-state index contributed by atoms with van der Waals surface area (Å²) in [4.78, 5) is 17.5. The summed E-state index contributed by atoms with van der Waals surface area (Å²) in [5.74, 6) is 0.0538. The first-order valence-corrected chi connectivity index (χ1v) is 13.1. The van der Waals surface area contributed by atoms with Crippen molar-refractivity contribution in [2.24, 2.45) is 0 Å². The SMILES string of the molecule is CN(C)c1ccc(C2(O)CC3CCCC(C2)N3C(=O)OCC2c3ccccc3-c3ccccc32)cc1. The van der Waals surface area contributed by atoms with Crippen molar-refractivity contribution in [3.63, 3.8) is 0 Å². The van der Waals surface area contributed by atoms with Gasteiger partial charge >= 0.3 is 6.09 Å². The van der Waals surface area contributed by atoms with Crippen LogP contribution in [0.5, 0.6) is 0 Å². The molecule has 2 bridgehead atoms. The minimum atomic E-state index is -0.916. The lowest BCUT2D eigenvalue weighted by Crippen LogP contribution is -2.59. The zero-order valence-electron chi connectivity index (χ0n) is 21.1. The Hall–Kier alpha value is -3.31. The zero-order valence-corrected chi connectivity index (χ0v) is 21.1. The molecule has 36 heavy (non-hydrogen) atoms. The lowest BCUT2D eigenvalue weighted by Gasteiger charge is -2.51. The molecule has 0 spiro atoms. The number of benzene rings is 3. The summed E-state index contributed by atoms with van der Waals surface area (Å²) in [6, 6.07) is 25.0. The molecule has 1 aliphatic carbocycles. The fourth-order valence-corrected chi connectivity index (χ4v) is 6.70. The van der Waals surface area contributed by atoms with Crippen molar-refractivity contribution in [3.05, 3.63) is 89.5 Å². The van der Waals surface area contributed by atoms with Gasteiger partial charge in [0, 0.05) is 50.6 Å². The number of ether oxygens (including phenoxy) is 1. The molecule has 2 saturated heterocycles. The summed E-state index contributed by atoms with van der Waals surface area (Å²) in [6.45, 7) is 0.332. The predicted octanol–water partition coefficient (Wildman–Crippen LogP) is 5.91. The number of piperidine rings is 2. The van der Waals surface area contributed by atoms with Crippen LogP contribution in [0.1, 0.15) is 54.7 Å². The summed E-state index contributed by atoms with van der Waals surface area (Å²) < 4.78 is 6.03. The van der Waals surface area contributed by atoms with Gasteiger partial charge in [-0.2, -0.15) is 0 Å². The van der Waals surface area contributed by atoms with Gasteiger partial charge in [-0.3, -0.25) is 0 Å². The van der Waals surface area contributed by atoms with Crippen molar-refractivity contribution < 1.29 is 14.6 Å². The highest BCUT2D eigenvalue weighted by Crippen LogP contribution is 2.46. The number of nitrogens with zero attached hydrogens (tertiary/aromatic N) is 2. The molecule has 2 unspecified atom stereocenters. The van der Waals surface area contributed by atoms with Gasteiger partial charge in [-0.25, -0.2) is 4.79 Å². The van der Waals surface area contributed by atoms with Crippen molar-refractivity contribution in [1.82, 2.24) is 4.90 Å². The Morgan fingerprint density at radius 2 is 1.47 bits per heavy atom. The molecule has 186 valence electrons. The van der Waals surface area contributed by atoms with Crippen molar-refractivity contribution >= 4 is 11.8 Å². The van der Waals surface area contributed by atoms with Gasteiger partial charge in [-0.1, -0.05) is 60.7 Å². The Balaban J connectivity index is 1.19. The van der Waals surface area contributed by atoms with E-state index in [1.807, 2.05) is 31.1 Å². The minimum Gasteiger partial charge on any atom is -0.448 e. The Bertz CT molecular complexity index is 1210. The van der Waals surface area contributed by atoms with Crippen LogP contribution in [0.4, 0.5) is 10.5 Å². The summed E-state index contributed by atoms with van der Waals surface area (Å²) in [5.41, 5.74) is 6.04. The molecule has 2 atom stereocenters. The molecule has 2 heterocycles. The first-order valence-electron chi connectivity index (χ1n) is 13.1. The molecule has 3 aromatic rings. The van der Waals surface area contributed by atoms with Crippen LogP contribution in [0.3, 0.4) is 0 Å². The number of fused-ring (bicyclic) bond motifs is 5. The number of carbonyl (C=O) groups is 1. The average molecular weight is 483 g/mol. The third-order valence-electron chi connectivity index (χ3n) is 8.48. The molecule has 1 amide bonds. The lowest BCUT2D eigenvalue weighted by atomic mass is 9.72. The van der Waals surface area contributed by atoms with E-state index in [-0.39, 0.29) is 24.1 Å². The molecule has 2 fully saturated rings. The summed E-state index contributed by atoms with van der Waals surface area (Å²) in [6.07, 6.45) is 3.75. The van der Waals surface area contributed by atoms with Crippen LogP contribution >= 0.6 is 0 Å². The third kappa shape index (κ3) is 3.86. The molecule has 3 aliphatic rings. The van der Waals surface area contributed by atoms with E-state index in [2.05, 4.69) is 65.6 Å². The van der Waals surface area contributed by atoms with Crippen LogP contribution in [0.2, 0.25) is 0 Å². The van der Waals surface area contributed by atoms with Gasteiger partial charge in [0.15, 0.2) is 0 Å². The highest BCUT2D eigenvalue weighted by Gasteiger charge is 2.48. The largest absolute Gasteiger partial charge is 0.448 e. The van der Waals surface area contributed by atoms with Crippen molar-refractivity contribution in [3.8, 4) is 11.1 Å². The second kappa shape index (κ2) is 8.97. The summed E-state index contributed by atoms with van der Waals surface area (Å²) in [5, 5.41) is 11.7. The quantitative estimate of drug-likeness (QED) is 0.503. The molecule has 2 aliphatic heterocycles. The van der Waals surface area contributed by atoms with Crippen LogP contribution in [0.25, 0.3) is 11.1 Å². The van der Waals surface area contributed by atoms with E-state index < -0.39 is 5.60 Å². The molecule has 0 aromatic heterocycles. The number of aliphatic hydroxyl groups is 1. The monoisotopic (exact) mass is 482 g/mol. The molecule has 5 heteroatoms. The van der Waals surface area contributed by atoms with Gasteiger partial charge < -0.3 is 19.6 Å². The van der Waals surface area contributed by atoms with E-state index in [0.29, 0.717) is 19.4 Å². The molecule has 1 N–H and O–H groups in total. The highest BCUT2D eigenvalue weighted by molar-refractivity contribution is 5.79. The molecule has 3 aromatic carbocycles. The van der Waals surface area contributed by atoms with Crippen LogP contribution in [0.15, 0.2) is 72.8 Å². The maximum Gasteiger partial charge on any atom is 0.410 e. The molecular formula is C31H34N2O3. The van der Waals surface area contributed by atoms with Crippen molar-refractivity contribution in [1.29, 1.82) is 0 Å². The number of anilines is 1. The van der Waals surface area contributed by atoms with E-state index >= 15 is 0 Å². The van der Waals surface area contributed by atoms with E-state index in [9.17, 15) is 9.90 Å². The Labute approximate surface area is 213 Å². The highest BCUT2D eigenvalue weighted by atomic mass is 16.6. The number of hydrogen-bond acceptors (Lipinski definition) is 4. The number of rotatable bonds is 4. The molecule has 6 rings (SSSR count). The Morgan fingerprint density at radius 1 is 0.917 bits per heavy atom. The molecular weight excluding hydrogens is 448 g/mol. The molecule has 5 nitrogen and oxygen atoms in total. The lowest BCUT2D eigenvalue weighted by molar-refractivity contribution is -0.0890. The first-order chi connectivity index (χ1) is 17.4. The second-order valence-electron chi connectivity index (χ2n) is 10.8. The van der Waals surface area contributed by atoms with Crippen LogP contribution < -0.4 is 4.90 Å². The third-order valence-corrected chi connectivity index (χ3v) is 8.48. The Morgan fingerprint density at radius 3 is 2.03 bits per heavy atom. The maximum atomic E-state index is 13.5. The fourth-order valence-electron chi connectivity index (χ4n) is 6.70. The van der Waals surface area contributed by atoms with E-state index in [1.54, 1.807) is 0 Å². The molecule has 0 radical (unpaired) electrons. The van der Waals surface area contributed by atoms with Gasteiger partial charge in [-0.05, 0) is 59.2 Å². The second-order valence-corrected chi connectivity index (χ2v) is 10.8. The predicted molar refractivity (Wildman–Crippen MR) is 142 cm³/mol. The fraction of sp³-hybridized carbons (Fsp3) is 0.387. The van der Waals surface area contributed by atoms with Crippen molar-refractivity contribution in [2.45, 2.75) is 55.7 Å². The number of carbonyl (C=O) groups excluding carboxylic acids is 1. The first kappa shape index (κ1) is 23.1. The number of hydrogen-bond donors (Lipinski definition) is 1. The topological polar surface area (TPSA) is 53.0 Å². The van der Waals surface area contributed by atoms with Crippen LogP contribution in [-0.4, -0.2) is 48.9 Å². The molecule has 0 saturated carbocycles. The normalized spacial score (nSPS) is 24.7. The minimum absolute atomic E-state index is 0.00771. The van der Waals surface area contributed by atoms with E-state index in [4.69, 9.17) is 4.74 Å². The van der Waals surface area contributed by atoms with Crippen molar-refractivity contribution in [2.75, 3.05) is 25.6 Å². The van der Waals surface area contributed by atoms with Gasteiger partial charge in [0.1, 0.15) is 6.61 Å². The Kier molecular flexibility index (Phi) is 5.76. The van der Waals surface area contributed by atoms with E-state index in [1.165, 1.54) is 22.3 Å². The average Bonchev–Trinajstić information content (AvgIpc) is 3.20. The maximum absolute atomic E-state index is 13.5. The van der Waals surface area contributed by atoms with Gasteiger partial charge in [-0.15, -0.1) is 0 Å². The van der Waals surface area contributed by atoms with Gasteiger partial charge in [0.25, 0.3) is 0 Å². The summed E-state index contributed by atoms with van der Waals surface area (Å²) >= 11 is 0. The zero-order chi connectivity index (χ0) is 24.9. The van der Waals surface area contributed by atoms with Gasteiger partial charge in [0.2, 0.25) is 0 Å². The van der Waals surface area contributed by atoms with E-state index in [0.717, 1.165) is 30.5 Å². The van der Waals surface area contributed by atoms with Crippen LogP contribution in [-0.2, 0) is 10.3 Å². The van der Waals surface area contributed by atoms with Gasteiger partial charge in [0.05, 0.1) is 5.60 Å². The standard InChI is InChI=1S/C31H34N2O3/c1-32(2)22-16-14-21(15-17-22)31(35)18-23-8-7-9-24(19-31)33(23)30(34)36-20-29-27-12-5-3-10-25(27)26-11-4-6-13-28(26)29/h3-6,10-17,23-24,29,35H,7-9,18-20H2,1-2H3. The smallest absolute Gasteiger partial charge is 0.410 e. The summed E-state index contributed by atoms with van der Waals surface area (Å²) in [7, 11) is 4.03. The van der Waals surface area contributed by atoms with Crippen LogP contribution in [0, 0.1) is 0 Å².